The Balaban J connectivity index is 2.09. The minimum absolute atomic E-state index is 0.256. The average Bonchev–Trinajstić information content (AvgIpc) is 2.82. The van der Waals surface area contributed by atoms with Crippen molar-refractivity contribution in [1.82, 2.24) is 14.9 Å². The van der Waals surface area contributed by atoms with Crippen LogP contribution in [0.4, 0.5) is 5.82 Å². The summed E-state index contributed by atoms with van der Waals surface area (Å²) in [6.45, 7) is 7.88. The van der Waals surface area contributed by atoms with Crippen LogP contribution in [-0.2, 0) is 0 Å². The molecule has 6 heteroatoms. The number of allylic oxidation sites excluding steroid dienone is 4. The first-order valence-electron chi connectivity index (χ1n) is 11.6. The molecule has 33 heavy (non-hydrogen) atoms. The number of benzene rings is 1. The van der Waals surface area contributed by atoms with Crippen molar-refractivity contribution in [3.8, 4) is 11.4 Å². The minimum atomic E-state index is 0.256. The van der Waals surface area contributed by atoms with E-state index in [9.17, 15) is 0 Å². The van der Waals surface area contributed by atoms with Crippen LogP contribution >= 0.6 is 0 Å². The number of nitrogens with zero attached hydrogens (tertiary/aromatic N) is 5. The van der Waals surface area contributed by atoms with E-state index in [1.165, 1.54) is 0 Å². The Morgan fingerprint density at radius 1 is 1.27 bits per heavy atom. The summed E-state index contributed by atoms with van der Waals surface area (Å²) in [7, 11) is 5.81. The molecule has 1 saturated heterocycles. The molecule has 0 spiro atoms. The third-order valence-corrected chi connectivity index (χ3v) is 5.68. The van der Waals surface area contributed by atoms with Gasteiger partial charge in [-0.25, -0.2) is 9.97 Å². The smallest absolute Gasteiger partial charge is 0.161 e. The average molecular weight is 445 g/mol. The molecule has 0 saturated carbocycles. The van der Waals surface area contributed by atoms with Crippen LogP contribution in [0.5, 0.6) is 0 Å². The maximum absolute atomic E-state index is 6.17. The van der Waals surface area contributed by atoms with Crippen molar-refractivity contribution in [1.29, 1.82) is 0 Å². The zero-order chi connectivity index (χ0) is 23.8. The summed E-state index contributed by atoms with van der Waals surface area (Å²) in [4.78, 5) is 18.5. The second-order valence-electron chi connectivity index (χ2n) is 8.54. The van der Waals surface area contributed by atoms with Crippen LogP contribution in [0.2, 0.25) is 0 Å². The van der Waals surface area contributed by atoms with Crippen LogP contribution in [0.25, 0.3) is 22.5 Å². The van der Waals surface area contributed by atoms with E-state index in [2.05, 4.69) is 53.9 Å². The van der Waals surface area contributed by atoms with Crippen molar-refractivity contribution in [3.05, 3.63) is 66.5 Å². The van der Waals surface area contributed by atoms with Gasteiger partial charge in [-0.3, -0.25) is 4.99 Å². The van der Waals surface area contributed by atoms with Crippen molar-refractivity contribution >= 4 is 23.2 Å². The summed E-state index contributed by atoms with van der Waals surface area (Å²) in [6, 6.07) is 8.56. The van der Waals surface area contributed by atoms with E-state index in [-0.39, 0.29) is 6.04 Å². The molecule has 0 atom stereocenters. The predicted molar refractivity (Wildman–Crippen MR) is 141 cm³/mol. The first kappa shape index (κ1) is 24.4. The number of hydrogen-bond donors (Lipinski definition) is 1. The Kier molecular flexibility index (Phi) is 8.55. The van der Waals surface area contributed by atoms with E-state index in [0.717, 1.165) is 66.0 Å². The van der Waals surface area contributed by atoms with Gasteiger partial charge in [0.25, 0.3) is 0 Å². The van der Waals surface area contributed by atoms with Gasteiger partial charge in [0.15, 0.2) is 5.82 Å². The monoisotopic (exact) mass is 444 g/mol. The van der Waals surface area contributed by atoms with Gasteiger partial charge >= 0.3 is 0 Å². The lowest BCUT2D eigenvalue weighted by Gasteiger charge is -2.32. The van der Waals surface area contributed by atoms with Crippen molar-refractivity contribution in [3.63, 3.8) is 0 Å². The second kappa shape index (κ2) is 11.6. The van der Waals surface area contributed by atoms with Gasteiger partial charge in [0.1, 0.15) is 5.82 Å². The lowest BCUT2D eigenvalue weighted by Crippen LogP contribution is -2.40. The van der Waals surface area contributed by atoms with Crippen LogP contribution < -0.4 is 10.6 Å². The van der Waals surface area contributed by atoms with Crippen LogP contribution in [0.3, 0.4) is 0 Å². The molecule has 174 valence electrons. The number of aliphatic imine (C=N–C) groups is 1. The van der Waals surface area contributed by atoms with Crippen molar-refractivity contribution in [2.45, 2.75) is 32.2 Å². The van der Waals surface area contributed by atoms with Gasteiger partial charge < -0.3 is 15.5 Å². The Labute approximate surface area is 198 Å². The third kappa shape index (κ3) is 6.17. The minimum Gasteiger partial charge on any atom is -0.383 e. The number of nitrogens with two attached hydrogens (primary N) is 1. The standard InChI is InChI=1S/C27H36N6/c1-6-9-23(17-29-3)25-18-30-26(31-27(25)33-14-12-24(28)13-15-33)22-11-8-10-21(16-22)20(7-2)19-32(4)5/h7-11,16-19,24H,2,6,12-15,28H2,1,3-5H3/b20-19+,23-9+,29-17-. The molecule has 2 aromatic rings. The third-order valence-electron chi connectivity index (χ3n) is 5.68. The van der Waals surface area contributed by atoms with Gasteiger partial charge in [0.2, 0.25) is 0 Å². The molecular weight excluding hydrogens is 408 g/mol. The maximum atomic E-state index is 6.17. The van der Waals surface area contributed by atoms with E-state index in [4.69, 9.17) is 15.7 Å². The zero-order valence-corrected chi connectivity index (χ0v) is 20.3. The summed E-state index contributed by atoms with van der Waals surface area (Å²) in [6.07, 6.45) is 12.8. The van der Waals surface area contributed by atoms with Gasteiger partial charge in [0.05, 0.1) is 0 Å². The normalized spacial score (nSPS) is 15.8. The van der Waals surface area contributed by atoms with Crippen molar-refractivity contribution in [2.75, 3.05) is 39.1 Å². The Morgan fingerprint density at radius 3 is 2.67 bits per heavy atom. The van der Waals surface area contributed by atoms with E-state index in [1.807, 2.05) is 43.5 Å². The van der Waals surface area contributed by atoms with E-state index in [1.54, 1.807) is 7.05 Å². The van der Waals surface area contributed by atoms with Crippen LogP contribution in [0, 0.1) is 0 Å². The van der Waals surface area contributed by atoms with Gasteiger partial charge in [-0.1, -0.05) is 43.9 Å². The first-order chi connectivity index (χ1) is 16.0. The molecule has 2 heterocycles. The lowest BCUT2D eigenvalue weighted by molar-refractivity contribution is 0.498. The van der Waals surface area contributed by atoms with Crippen LogP contribution in [0.15, 0.2) is 60.4 Å². The molecular formula is C27H36N6. The Morgan fingerprint density at radius 2 is 2.03 bits per heavy atom. The highest BCUT2D eigenvalue weighted by Crippen LogP contribution is 2.30. The van der Waals surface area contributed by atoms with E-state index < -0.39 is 0 Å². The molecule has 0 amide bonds. The fraction of sp³-hybridized carbons (Fsp3) is 0.370. The van der Waals surface area contributed by atoms with E-state index in [0.29, 0.717) is 5.82 Å². The number of aromatic nitrogens is 2. The molecule has 1 aliphatic rings. The highest BCUT2D eigenvalue weighted by Gasteiger charge is 2.22. The Bertz CT molecular complexity index is 1040. The molecule has 6 nitrogen and oxygen atoms in total. The molecule has 1 fully saturated rings. The Hall–Kier alpha value is -3.25. The zero-order valence-electron chi connectivity index (χ0n) is 20.3. The first-order valence-corrected chi connectivity index (χ1v) is 11.6. The number of hydrogen-bond acceptors (Lipinski definition) is 6. The summed E-state index contributed by atoms with van der Waals surface area (Å²) in [5.41, 5.74) is 11.3. The summed E-state index contributed by atoms with van der Waals surface area (Å²) >= 11 is 0. The quantitative estimate of drug-likeness (QED) is 0.474. The number of rotatable bonds is 8. The van der Waals surface area contributed by atoms with Crippen LogP contribution in [0.1, 0.15) is 37.3 Å². The van der Waals surface area contributed by atoms with Gasteiger partial charge in [-0.15, -0.1) is 0 Å². The molecule has 0 unspecified atom stereocenters. The number of piperidine rings is 1. The predicted octanol–water partition coefficient (Wildman–Crippen LogP) is 4.65. The SMILES string of the molecule is C=C/C(=C\N(C)C)c1cccc(-c2ncc(C(/C=N\C)=C/CC)c(N3CCC(N)CC3)n2)c1. The molecule has 1 aromatic carbocycles. The highest BCUT2D eigenvalue weighted by molar-refractivity contribution is 6.11. The van der Waals surface area contributed by atoms with Crippen molar-refractivity contribution in [2.24, 2.45) is 10.7 Å². The highest BCUT2D eigenvalue weighted by atomic mass is 15.2. The lowest BCUT2D eigenvalue weighted by atomic mass is 10.0. The van der Waals surface area contributed by atoms with Gasteiger partial charge in [-0.2, -0.15) is 0 Å². The number of anilines is 1. The topological polar surface area (TPSA) is 70.6 Å². The largest absolute Gasteiger partial charge is 0.383 e. The molecule has 0 radical (unpaired) electrons. The fourth-order valence-corrected chi connectivity index (χ4v) is 4.02. The van der Waals surface area contributed by atoms with E-state index >= 15 is 0 Å². The molecule has 1 aliphatic heterocycles. The van der Waals surface area contributed by atoms with Crippen molar-refractivity contribution < 1.29 is 0 Å². The molecule has 1 aromatic heterocycles. The molecule has 0 bridgehead atoms. The van der Waals surface area contributed by atoms with Gasteiger partial charge in [-0.05, 0) is 36.5 Å². The second-order valence-corrected chi connectivity index (χ2v) is 8.54. The fourth-order valence-electron chi connectivity index (χ4n) is 4.02. The summed E-state index contributed by atoms with van der Waals surface area (Å²) in [5, 5.41) is 0. The summed E-state index contributed by atoms with van der Waals surface area (Å²) < 4.78 is 0. The van der Waals surface area contributed by atoms with Gasteiger partial charge in [0, 0.05) is 75.6 Å². The maximum Gasteiger partial charge on any atom is 0.161 e. The molecule has 3 rings (SSSR count). The molecule has 2 N–H and O–H groups in total. The summed E-state index contributed by atoms with van der Waals surface area (Å²) in [5.74, 6) is 1.66. The van der Waals surface area contributed by atoms with Crippen LogP contribution in [-0.4, -0.2) is 61.4 Å². The molecule has 0 aliphatic carbocycles.